The van der Waals surface area contributed by atoms with Crippen LogP contribution in [-0.4, -0.2) is 6.54 Å². The van der Waals surface area contributed by atoms with Gasteiger partial charge in [-0.3, -0.25) is 0 Å². The van der Waals surface area contributed by atoms with Crippen molar-refractivity contribution < 1.29 is 0 Å². The molecule has 0 saturated carbocycles. The van der Waals surface area contributed by atoms with E-state index in [9.17, 15) is 0 Å². The molecule has 0 aliphatic carbocycles. The van der Waals surface area contributed by atoms with Crippen molar-refractivity contribution in [1.29, 1.82) is 0 Å². The first-order valence-electron chi connectivity index (χ1n) is 3.79. The van der Waals surface area contributed by atoms with Crippen LogP contribution in [-0.2, 0) is 0 Å². The monoisotopic (exact) mass is 247 g/mol. The molecule has 0 amide bonds. The second-order valence-electron chi connectivity index (χ2n) is 2.84. The van der Waals surface area contributed by atoms with E-state index in [1.54, 1.807) is 0 Å². The summed E-state index contributed by atoms with van der Waals surface area (Å²) in [6.07, 6.45) is 0. The lowest BCUT2D eigenvalue weighted by molar-refractivity contribution is 0.773. The summed E-state index contributed by atoms with van der Waals surface area (Å²) in [5, 5.41) is 0.750. The minimum Gasteiger partial charge on any atom is -0.330 e. The van der Waals surface area contributed by atoms with Gasteiger partial charge in [-0.15, -0.1) is 0 Å². The summed E-state index contributed by atoms with van der Waals surface area (Å²) in [7, 11) is 0. The Morgan fingerprint density at radius 2 is 2.17 bits per heavy atom. The maximum absolute atomic E-state index is 5.88. The fourth-order valence-corrected chi connectivity index (χ4v) is 1.88. The normalized spacial score (nSPS) is 13.0. The van der Waals surface area contributed by atoms with E-state index >= 15 is 0 Å². The summed E-state index contributed by atoms with van der Waals surface area (Å²) in [6.45, 7) is 2.73. The van der Waals surface area contributed by atoms with Crippen molar-refractivity contribution in [3.05, 3.63) is 33.3 Å². The van der Waals surface area contributed by atoms with E-state index in [-0.39, 0.29) is 0 Å². The van der Waals surface area contributed by atoms with E-state index in [0.717, 1.165) is 9.50 Å². The predicted octanol–water partition coefficient (Wildman–Crippen LogP) is 3.16. The Hall–Kier alpha value is -0.0500. The predicted molar refractivity (Wildman–Crippen MR) is 56.6 cm³/mol. The second-order valence-corrected chi connectivity index (χ2v) is 4.19. The molecule has 1 aromatic carbocycles. The van der Waals surface area contributed by atoms with Gasteiger partial charge in [0.05, 0.1) is 0 Å². The summed E-state index contributed by atoms with van der Waals surface area (Å²) < 4.78 is 1.00. The summed E-state index contributed by atoms with van der Waals surface area (Å²) in [6, 6.07) is 5.86. The molecule has 0 saturated heterocycles. The molecular weight excluding hydrogens is 237 g/mol. The molecule has 1 rings (SSSR count). The molecule has 1 atom stereocenters. The lowest BCUT2D eigenvalue weighted by Gasteiger charge is -2.09. The molecule has 0 heterocycles. The summed E-state index contributed by atoms with van der Waals surface area (Å²) >= 11 is 9.27. The maximum Gasteiger partial charge on any atom is 0.0420 e. The van der Waals surface area contributed by atoms with Gasteiger partial charge >= 0.3 is 0 Å². The van der Waals surface area contributed by atoms with Gasteiger partial charge in [0.25, 0.3) is 0 Å². The van der Waals surface area contributed by atoms with Crippen molar-refractivity contribution in [2.75, 3.05) is 6.54 Å². The fraction of sp³-hybridized carbons (Fsp3) is 0.333. The Balaban J connectivity index is 3.00. The zero-order chi connectivity index (χ0) is 9.14. The molecule has 0 fully saturated rings. The topological polar surface area (TPSA) is 26.0 Å². The highest BCUT2D eigenvalue weighted by Gasteiger charge is 2.04. The van der Waals surface area contributed by atoms with E-state index < -0.39 is 0 Å². The van der Waals surface area contributed by atoms with Gasteiger partial charge in [-0.1, -0.05) is 34.5 Å². The Morgan fingerprint density at radius 1 is 1.50 bits per heavy atom. The van der Waals surface area contributed by atoms with Crippen molar-refractivity contribution in [2.45, 2.75) is 12.8 Å². The van der Waals surface area contributed by atoms with Crippen LogP contribution in [0.25, 0.3) is 0 Å². The molecule has 1 aromatic rings. The van der Waals surface area contributed by atoms with Crippen LogP contribution in [0.1, 0.15) is 18.4 Å². The molecule has 0 spiro atoms. The molecule has 0 aromatic heterocycles. The number of hydrogen-bond donors (Lipinski definition) is 1. The highest BCUT2D eigenvalue weighted by Crippen LogP contribution is 2.24. The number of halogens is 2. The van der Waals surface area contributed by atoms with Gasteiger partial charge in [0, 0.05) is 9.50 Å². The first-order valence-corrected chi connectivity index (χ1v) is 4.96. The highest BCUT2D eigenvalue weighted by molar-refractivity contribution is 9.10. The number of nitrogens with two attached hydrogens (primary N) is 1. The molecule has 0 aliphatic heterocycles. The highest BCUT2D eigenvalue weighted by atomic mass is 79.9. The van der Waals surface area contributed by atoms with Crippen LogP contribution < -0.4 is 5.73 Å². The minimum absolute atomic E-state index is 0.361. The smallest absolute Gasteiger partial charge is 0.0420 e. The number of hydrogen-bond acceptors (Lipinski definition) is 1. The molecule has 66 valence electrons. The van der Waals surface area contributed by atoms with E-state index in [4.69, 9.17) is 17.3 Å². The molecule has 2 N–H and O–H groups in total. The molecule has 0 radical (unpaired) electrons. The van der Waals surface area contributed by atoms with Crippen LogP contribution in [0, 0.1) is 0 Å². The molecule has 0 aliphatic rings. The number of benzene rings is 1. The van der Waals surface area contributed by atoms with Gasteiger partial charge in [0.15, 0.2) is 0 Å². The van der Waals surface area contributed by atoms with Crippen molar-refractivity contribution >= 4 is 27.5 Å². The van der Waals surface area contributed by atoms with E-state index in [1.807, 2.05) is 18.2 Å². The van der Waals surface area contributed by atoms with Gasteiger partial charge in [0.1, 0.15) is 0 Å². The van der Waals surface area contributed by atoms with Crippen LogP contribution >= 0.6 is 27.5 Å². The SMILES string of the molecule is CC(CN)c1cc(Cl)cc(Br)c1. The third kappa shape index (κ3) is 2.47. The second kappa shape index (κ2) is 4.26. The van der Waals surface area contributed by atoms with Crippen LogP contribution in [0.5, 0.6) is 0 Å². The standard InChI is InChI=1S/C9H11BrClN/c1-6(5-12)7-2-8(10)4-9(11)3-7/h2-4,6H,5,12H2,1H3. The first kappa shape index (κ1) is 10.0. The fourth-order valence-electron chi connectivity index (χ4n) is 0.996. The van der Waals surface area contributed by atoms with Crippen molar-refractivity contribution in [2.24, 2.45) is 5.73 Å². The summed E-state index contributed by atoms with van der Waals surface area (Å²) in [5.41, 5.74) is 6.72. The molecule has 3 heteroatoms. The Bertz CT molecular complexity index is 255. The maximum atomic E-state index is 5.88. The Kier molecular flexibility index (Phi) is 3.56. The van der Waals surface area contributed by atoms with Crippen molar-refractivity contribution in [3.63, 3.8) is 0 Å². The zero-order valence-electron chi connectivity index (χ0n) is 6.85. The molecule has 0 bridgehead atoms. The first-order chi connectivity index (χ1) is 5.63. The molecule has 1 unspecified atom stereocenters. The van der Waals surface area contributed by atoms with E-state index in [2.05, 4.69) is 22.9 Å². The zero-order valence-corrected chi connectivity index (χ0v) is 9.19. The van der Waals surface area contributed by atoms with Crippen LogP contribution in [0.3, 0.4) is 0 Å². The summed E-state index contributed by atoms with van der Waals surface area (Å²) in [4.78, 5) is 0. The Labute approximate surface area is 86.0 Å². The van der Waals surface area contributed by atoms with Crippen molar-refractivity contribution in [3.8, 4) is 0 Å². The van der Waals surface area contributed by atoms with Gasteiger partial charge in [-0.2, -0.15) is 0 Å². The van der Waals surface area contributed by atoms with Crippen molar-refractivity contribution in [1.82, 2.24) is 0 Å². The minimum atomic E-state index is 0.361. The van der Waals surface area contributed by atoms with Crippen LogP contribution in [0.4, 0.5) is 0 Å². The van der Waals surface area contributed by atoms with Gasteiger partial charge < -0.3 is 5.73 Å². The van der Waals surface area contributed by atoms with Gasteiger partial charge in [-0.25, -0.2) is 0 Å². The van der Waals surface area contributed by atoms with Crippen LogP contribution in [0.2, 0.25) is 5.02 Å². The van der Waals surface area contributed by atoms with Gasteiger partial charge in [-0.05, 0) is 36.2 Å². The molecular formula is C9H11BrClN. The summed E-state index contributed by atoms with van der Waals surface area (Å²) in [5.74, 6) is 0.361. The Morgan fingerprint density at radius 3 is 2.67 bits per heavy atom. The van der Waals surface area contributed by atoms with E-state index in [0.29, 0.717) is 12.5 Å². The average molecular weight is 249 g/mol. The molecule has 1 nitrogen and oxygen atoms in total. The van der Waals surface area contributed by atoms with Crippen LogP contribution in [0.15, 0.2) is 22.7 Å². The quantitative estimate of drug-likeness (QED) is 0.855. The average Bonchev–Trinajstić information content (AvgIpc) is 2.01. The lowest BCUT2D eigenvalue weighted by Crippen LogP contribution is -2.08. The van der Waals surface area contributed by atoms with Gasteiger partial charge in [0.2, 0.25) is 0 Å². The third-order valence-electron chi connectivity index (χ3n) is 1.81. The van der Waals surface area contributed by atoms with E-state index in [1.165, 1.54) is 5.56 Å². The lowest BCUT2D eigenvalue weighted by atomic mass is 10.0. The number of rotatable bonds is 2. The molecule has 12 heavy (non-hydrogen) atoms. The largest absolute Gasteiger partial charge is 0.330 e. The third-order valence-corrected chi connectivity index (χ3v) is 2.48.